The summed E-state index contributed by atoms with van der Waals surface area (Å²) in [6, 6.07) is 8.13. The first kappa shape index (κ1) is 15.1. The number of Topliss-reactive ketones (excluding diaryl/α,β-unsaturated/α-hetero) is 1. The van der Waals surface area contributed by atoms with Crippen LogP contribution in [0.1, 0.15) is 19.8 Å². The Balaban J connectivity index is 2.11. The monoisotopic (exact) mass is 292 g/mol. The lowest BCUT2D eigenvalue weighted by Crippen LogP contribution is -2.05. The molecule has 1 aromatic heterocycles. The van der Waals surface area contributed by atoms with Gasteiger partial charge >= 0.3 is 0 Å². The molecule has 0 saturated heterocycles. The average molecular weight is 292 g/mol. The van der Waals surface area contributed by atoms with Crippen molar-refractivity contribution in [3.8, 4) is 0 Å². The van der Waals surface area contributed by atoms with E-state index >= 15 is 0 Å². The molecule has 0 aliphatic carbocycles. The number of ketones is 1. The number of methoxy groups -OCH3 is 1. The number of aromatic nitrogens is 2. The fourth-order valence-corrected chi connectivity index (χ4v) is 3.03. The van der Waals surface area contributed by atoms with Crippen LogP contribution in [-0.4, -0.2) is 34.8 Å². The largest absolute Gasteiger partial charge is 0.383 e. The molecule has 2 aromatic rings. The topological polar surface area (TPSA) is 44.1 Å². The third-order valence-corrected chi connectivity index (χ3v) is 4.11. The quantitative estimate of drug-likeness (QED) is 0.554. The second kappa shape index (κ2) is 7.45. The molecule has 108 valence electrons. The van der Waals surface area contributed by atoms with E-state index in [2.05, 4.69) is 15.6 Å². The molecule has 0 bridgehead atoms. The molecule has 0 spiro atoms. The van der Waals surface area contributed by atoms with Crippen molar-refractivity contribution in [1.29, 1.82) is 0 Å². The molecule has 0 atom stereocenters. The van der Waals surface area contributed by atoms with Crippen molar-refractivity contribution in [1.82, 2.24) is 9.55 Å². The van der Waals surface area contributed by atoms with Crippen molar-refractivity contribution < 1.29 is 9.53 Å². The summed E-state index contributed by atoms with van der Waals surface area (Å²) in [7, 11) is 1.71. The highest BCUT2D eigenvalue weighted by Crippen LogP contribution is 2.24. The highest BCUT2D eigenvalue weighted by atomic mass is 32.2. The van der Waals surface area contributed by atoms with E-state index in [0.29, 0.717) is 13.0 Å². The Morgan fingerprint density at radius 3 is 2.95 bits per heavy atom. The van der Waals surface area contributed by atoms with Gasteiger partial charge in [-0.1, -0.05) is 23.9 Å². The number of ether oxygens (including phenoxy) is 1. The first-order valence-corrected chi connectivity index (χ1v) is 7.77. The lowest BCUT2D eigenvalue weighted by Gasteiger charge is -2.07. The Hall–Kier alpha value is -1.33. The Morgan fingerprint density at radius 1 is 1.40 bits per heavy atom. The Labute approximate surface area is 123 Å². The smallest absolute Gasteiger partial charge is 0.169 e. The lowest BCUT2D eigenvalue weighted by atomic mass is 10.3. The number of rotatable bonds is 8. The molecule has 0 aliphatic rings. The van der Waals surface area contributed by atoms with Gasteiger partial charge < -0.3 is 14.1 Å². The maximum atomic E-state index is 11.0. The van der Waals surface area contributed by atoms with Crippen molar-refractivity contribution in [3.63, 3.8) is 0 Å². The lowest BCUT2D eigenvalue weighted by molar-refractivity contribution is -0.117. The normalized spacial score (nSPS) is 11.1. The van der Waals surface area contributed by atoms with Crippen LogP contribution in [0.4, 0.5) is 0 Å². The SMILES string of the molecule is COCCn1c(SCCCC(C)=O)nc2ccccc21. The molecule has 1 heterocycles. The first-order valence-electron chi connectivity index (χ1n) is 6.79. The number of carbonyl (C=O) groups excluding carboxylic acids is 1. The summed E-state index contributed by atoms with van der Waals surface area (Å²) in [5.41, 5.74) is 2.15. The standard InChI is InChI=1S/C15H20N2O2S/c1-12(18)6-5-11-20-15-16-13-7-3-4-8-14(13)17(15)9-10-19-2/h3-4,7-8H,5-6,9-11H2,1-2H3. The number of thioether (sulfide) groups is 1. The minimum absolute atomic E-state index is 0.249. The van der Waals surface area contributed by atoms with Gasteiger partial charge in [-0.05, 0) is 25.5 Å². The Kier molecular flexibility index (Phi) is 5.61. The van der Waals surface area contributed by atoms with Gasteiger partial charge in [0, 0.05) is 25.8 Å². The second-order valence-corrected chi connectivity index (χ2v) is 5.74. The molecule has 2 rings (SSSR count). The summed E-state index contributed by atoms with van der Waals surface area (Å²) in [6.07, 6.45) is 1.54. The van der Waals surface area contributed by atoms with Crippen LogP contribution < -0.4 is 0 Å². The van der Waals surface area contributed by atoms with Gasteiger partial charge in [-0.3, -0.25) is 0 Å². The van der Waals surface area contributed by atoms with Crippen LogP contribution in [0.25, 0.3) is 11.0 Å². The molecule has 0 amide bonds. The van der Waals surface area contributed by atoms with E-state index in [-0.39, 0.29) is 5.78 Å². The fourth-order valence-electron chi connectivity index (χ4n) is 2.05. The Bertz CT molecular complexity index is 580. The molecule has 0 unspecified atom stereocenters. The molecular formula is C15H20N2O2S. The zero-order valence-electron chi connectivity index (χ0n) is 12.0. The van der Waals surface area contributed by atoms with E-state index in [4.69, 9.17) is 4.74 Å². The van der Waals surface area contributed by atoms with Crippen LogP contribution in [0.2, 0.25) is 0 Å². The van der Waals surface area contributed by atoms with Crippen LogP contribution >= 0.6 is 11.8 Å². The maximum Gasteiger partial charge on any atom is 0.169 e. The summed E-state index contributed by atoms with van der Waals surface area (Å²) in [5.74, 6) is 1.16. The van der Waals surface area contributed by atoms with Gasteiger partial charge in [0.2, 0.25) is 0 Å². The molecule has 1 aromatic carbocycles. The van der Waals surface area contributed by atoms with E-state index in [1.54, 1.807) is 25.8 Å². The van der Waals surface area contributed by atoms with Gasteiger partial charge in [0.25, 0.3) is 0 Å². The summed E-state index contributed by atoms with van der Waals surface area (Å²) in [5, 5.41) is 1.01. The highest BCUT2D eigenvalue weighted by Gasteiger charge is 2.10. The first-order chi connectivity index (χ1) is 9.72. The number of fused-ring (bicyclic) bond motifs is 1. The van der Waals surface area contributed by atoms with Gasteiger partial charge in [0.15, 0.2) is 5.16 Å². The predicted octanol–water partition coefficient (Wildman–Crippen LogP) is 3.14. The molecule has 5 heteroatoms. The number of imidazole rings is 1. The van der Waals surface area contributed by atoms with Gasteiger partial charge in [-0.15, -0.1) is 0 Å². The predicted molar refractivity (Wildman–Crippen MR) is 82.2 cm³/mol. The van der Waals surface area contributed by atoms with Crippen LogP contribution in [0.3, 0.4) is 0 Å². The maximum absolute atomic E-state index is 11.0. The molecule has 0 radical (unpaired) electrons. The molecule has 0 aliphatic heterocycles. The number of carbonyl (C=O) groups is 1. The summed E-state index contributed by atoms with van der Waals surface area (Å²) in [6.45, 7) is 3.10. The molecule has 0 N–H and O–H groups in total. The number of para-hydroxylation sites is 2. The zero-order chi connectivity index (χ0) is 14.4. The average Bonchev–Trinajstić information content (AvgIpc) is 2.79. The minimum atomic E-state index is 0.249. The van der Waals surface area contributed by atoms with Crippen LogP contribution in [0.5, 0.6) is 0 Å². The number of hydrogen-bond acceptors (Lipinski definition) is 4. The van der Waals surface area contributed by atoms with E-state index in [0.717, 1.165) is 34.9 Å². The van der Waals surface area contributed by atoms with Crippen molar-refractivity contribution in [2.24, 2.45) is 0 Å². The van der Waals surface area contributed by atoms with Gasteiger partial charge in [-0.2, -0.15) is 0 Å². The number of nitrogens with zero attached hydrogens (tertiary/aromatic N) is 2. The molecular weight excluding hydrogens is 272 g/mol. The highest BCUT2D eigenvalue weighted by molar-refractivity contribution is 7.99. The summed E-state index contributed by atoms with van der Waals surface area (Å²) < 4.78 is 7.37. The zero-order valence-corrected chi connectivity index (χ0v) is 12.8. The van der Waals surface area contributed by atoms with Crippen LogP contribution in [0, 0.1) is 0 Å². The summed E-state index contributed by atoms with van der Waals surface area (Å²) in [4.78, 5) is 15.6. The molecule has 0 saturated carbocycles. The van der Waals surface area contributed by atoms with E-state index < -0.39 is 0 Å². The Morgan fingerprint density at radius 2 is 2.20 bits per heavy atom. The molecule has 0 fully saturated rings. The van der Waals surface area contributed by atoms with E-state index in [9.17, 15) is 4.79 Å². The third kappa shape index (κ3) is 3.84. The summed E-state index contributed by atoms with van der Waals surface area (Å²) >= 11 is 1.71. The van der Waals surface area contributed by atoms with E-state index in [1.165, 1.54) is 0 Å². The second-order valence-electron chi connectivity index (χ2n) is 4.68. The van der Waals surface area contributed by atoms with Crippen molar-refractivity contribution in [2.45, 2.75) is 31.5 Å². The minimum Gasteiger partial charge on any atom is -0.383 e. The van der Waals surface area contributed by atoms with Crippen molar-refractivity contribution in [2.75, 3.05) is 19.5 Å². The molecule has 20 heavy (non-hydrogen) atoms. The third-order valence-electron chi connectivity index (χ3n) is 3.04. The fraction of sp³-hybridized carbons (Fsp3) is 0.467. The van der Waals surface area contributed by atoms with Gasteiger partial charge in [-0.25, -0.2) is 4.98 Å². The number of hydrogen-bond donors (Lipinski definition) is 0. The van der Waals surface area contributed by atoms with Gasteiger partial charge in [0.1, 0.15) is 5.78 Å². The number of benzene rings is 1. The van der Waals surface area contributed by atoms with Crippen molar-refractivity contribution >= 4 is 28.6 Å². The van der Waals surface area contributed by atoms with E-state index in [1.807, 2.05) is 18.2 Å². The van der Waals surface area contributed by atoms with Gasteiger partial charge in [0.05, 0.1) is 17.6 Å². The molecule has 4 nitrogen and oxygen atoms in total. The van der Waals surface area contributed by atoms with Crippen LogP contribution in [0.15, 0.2) is 29.4 Å². The van der Waals surface area contributed by atoms with Crippen molar-refractivity contribution in [3.05, 3.63) is 24.3 Å². The van der Waals surface area contributed by atoms with Crippen LogP contribution in [-0.2, 0) is 16.1 Å².